The van der Waals surface area contributed by atoms with Crippen molar-refractivity contribution in [3.63, 3.8) is 0 Å². The van der Waals surface area contributed by atoms with Gasteiger partial charge in [0, 0.05) is 84.1 Å². The zero-order chi connectivity index (χ0) is 101. The van der Waals surface area contributed by atoms with Crippen LogP contribution in [0.5, 0.6) is 0 Å². The lowest BCUT2D eigenvalue weighted by atomic mass is 9.67. The van der Waals surface area contributed by atoms with Crippen molar-refractivity contribution in [3.05, 3.63) is 325 Å². The molecule has 0 saturated heterocycles. The number of benzene rings is 12. The lowest BCUT2D eigenvalue weighted by Crippen LogP contribution is -2.29. The summed E-state index contributed by atoms with van der Waals surface area (Å²) in [6.07, 6.45) is 34.6. The SMILES string of the molecule is CC(C)CCCC(C)CCC1(CCC(C)CCCC(C)C)c2cc(N(c3ccccc3)c3ccccc3)ccc2-c2cccc(-c3nc(-c4cccc5c4C(CCC(C)CCCC(C)C)(CCC(C)CCCC(C)C)c4cc(N(c6ccccc6)c6ccccc6)ccc4-5)nc(-c4cccc5c4C(CCC(C)CCCC(C)C)(CCC(C)CCCC(C)C)c4cc(N(c6ccccc6)c6ccccc6)ccc4-5)n3)c21. The molecule has 3 aliphatic carbocycles. The minimum absolute atomic E-state index is 0.455. The molecule has 0 spiro atoms. The summed E-state index contributed by atoms with van der Waals surface area (Å²) >= 11 is 0. The van der Waals surface area contributed by atoms with Crippen LogP contribution >= 0.6 is 0 Å². The molecule has 6 atom stereocenters. The lowest BCUT2D eigenvalue weighted by molar-refractivity contribution is 0.328. The number of nitrogens with zero attached hydrogens (tertiary/aromatic N) is 6. The monoisotopic (exact) mass is 1920 g/mol. The molecule has 1 heterocycles. The van der Waals surface area contributed by atoms with Gasteiger partial charge in [-0.05, 0) is 324 Å². The van der Waals surface area contributed by atoms with Crippen LogP contribution in [0.1, 0.15) is 351 Å². The van der Waals surface area contributed by atoms with Crippen molar-refractivity contribution < 1.29 is 0 Å². The first kappa shape index (κ1) is 106. The molecule has 756 valence electrons. The van der Waals surface area contributed by atoms with Crippen LogP contribution in [-0.2, 0) is 16.2 Å². The van der Waals surface area contributed by atoms with Gasteiger partial charge >= 0.3 is 0 Å². The Balaban J connectivity index is 1.01. The van der Waals surface area contributed by atoms with E-state index in [0.717, 1.165) is 145 Å². The third kappa shape index (κ3) is 25.0. The predicted octanol–water partition coefficient (Wildman–Crippen LogP) is 41.5. The van der Waals surface area contributed by atoms with Crippen LogP contribution < -0.4 is 14.7 Å². The Kier molecular flexibility index (Phi) is 36.4. The smallest absolute Gasteiger partial charge is 0.164 e. The Hall–Kier alpha value is -11.0. The molecule has 0 fully saturated rings. The molecule has 0 amide bonds. The van der Waals surface area contributed by atoms with Crippen LogP contribution in [0.15, 0.2) is 291 Å². The molecule has 6 unspecified atom stereocenters. The van der Waals surface area contributed by atoms with Gasteiger partial charge < -0.3 is 14.7 Å². The van der Waals surface area contributed by atoms with Crippen LogP contribution in [0.3, 0.4) is 0 Å². The van der Waals surface area contributed by atoms with Crippen molar-refractivity contribution in [3.8, 4) is 67.5 Å². The minimum Gasteiger partial charge on any atom is -0.310 e. The van der Waals surface area contributed by atoms with Crippen LogP contribution in [0.4, 0.5) is 51.2 Å². The molecule has 1 aromatic heterocycles. The van der Waals surface area contributed by atoms with Gasteiger partial charge in [-0.1, -0.05) is 422 Å². The van der Waals surface area contributed by atoms with Gasteiger partial charge in [0.25, 0.3) is 0 Å². The van der Waals surface area contributed by atoms with Gasteiger partial charge in [-0.25, -0.2) is 15.0 Å². The quantitative estimate of drug-likeness (QED) is 0.0379. The summed E-state index contributed by atoms with van der Waals surface area (Å²) in [6, 6.07) is 112. The van der Waals surface area contributed by atoms with E-state index in [0.29, 0.717) is 71.0 Å². The summed E-state index contributed by atoms with van der Waals surface area (Å²) in [4.78, 5) is 27.3. The first-order valence-electron chi connectivity index (χ1n) is 57.1. The van der Waals surface area contributed by atoms with Gasteiger partial charge in [0.05, 0.1) is 0 Å². The molecule has 0 N–H and O–H groups in total. The maximum atomic E-state index is 6.58. The number of fused-ring (bicyclic) bond motifs is 9. The first-order valence-corrected chi connectivity index (χ1v) is 57.1. The number of rotatable bonds is 54. The van der Waals surface area contributed by atoms with Crippen molar-refractivity contribution in [2.24, 2.45) is 71.0 Å². The second-order valence-corrected chi connectivity index (χ2v) is 47.8. The van der Waals surface area contributed by atoms with Crippen LogP contribution in [0, 0.1) is 71.0 Å². The van der Waals surface area contributed by atoms with Crippen molar-refractivity contribution in [2.45, 2.75) is 333 Å². The van der Waals surface area contributed by atoms with Gasteiger partial charge in [-0.2, -0.15) is 0 Å². The van der Waals surface area contributed by atoms with Crippen LogP contribution in [0.2, 0.25) is 0 Å². The van der Waals surface area contributed by atoms with Gasteiger partial charge in [-0.15, -0.1) is 0 Å². The number of para-hydroxylation sites is 6. The molecule has 0 saturated carbocycles. The average molecular weight is 1920 g/mol. The fourth-order valence-electron chi connectivity index (χ4n) is 25.3. The largest absolute Gasteiger partial charge is 0.310 e. The second kappa shape index (κ2) is 49.5. The maximum absolute atomic E-state index is 6.58. The van der Waals surface area contributed by atoms with Crippen molar-refractivity contribution in [1.29, 1.82) is 0 Å². The first-order chi connectivity index (χ1) is 69.8. The van der Waals surface area contributed by atoms with E-state index in [4.69, 9.17) is 15.0 Å². The van der Waals surface area contributed by atoms with Crippen LogP contribution in [-0.4, -0.2) is 15.0 Å². The minimum atomic E-state index is -0.455. The molecule has 16 rings (SSSR count). The van der Waals surface area contributed by atoms with Crippen LogP contribution in [0.25, 0.3) is 67.5 Å². The van der Waals surface area contributed by atoms with E-state index in [1.54, 1.807) is 0 Å². The number of hydrogen-bond donors (Lipinski definition) is 0. The Labute approximate surface area is 871 Å². The highest BCUT2D eigenvalue weighted by Gasteiger charge is 2.51. The molecule has 6 nitrogen and oxygen atoms in total. The molecule has 3 aliphatic rings. The zero-order valence-corrected chi connectivity index (χ0v) is 91.5. The molecule has 0 bridgehead atoms. The van der Waals surface area contributed by atoms with Gasteiger partial charge in [0.1, 0.15) is 0 Å². The average Bonchev–Trinajstić information content (AvgIpc) is 1.55. The lowest BCUT2D eigenvalue weighted by Gasteiger charge is -2.37. The molecular weight excluding hydrogens is 1740 g/mol. The highest BCUT2D eigenvalue weighted by Crippen LogP contribution is 2.64. The molecule has 0 aliphatic heterocycles. The fourth-order valence-corrected chi connectivity index (χ4v) is 25.3. The van der Waals surface area contributed by atoms with E-state index in [-0.39, 0.29) is 0 Å². The van der Waals surface area contributed by atoms with Crippen molar-refractivity contribution in [2.75, 3.05) is 14.7 Å². The van der Waals surface area contributed by atoms with Gasteiger partial charge in [0.2, 0.25) is 0 Å². The molecule has 13 aromatic rings. The maximum Gasteiger partial charge on any atom is 0.164 e. The Morgan fingerprint density at radius 3 is 0.535 bits per heavy atom. The zero-order valence-electron chi connectivity index (χ0n) is 91.5. The Bertz CT molecular complexity index is 5410. The predicted molar refractivity (Wildman–Crippen MR) is 621 cm³/mol. The highest BCUT2D eigenvalue weighted by molar-refractivity contribution is 5.95. The van der Waals surface area contributed by atoms with Crippen molar-refractivity contribution in [1.82, 2.24) is 15.0 Å². The van der Waals surface area contributed by atoms with E-state index in [2.05, 4.69) is 431 Å². The third-order valence-corrected chi connectivity index (χ3v) is 33.5. The van der Waals surface area contributed by atoms with E-state index in [9.17, 15) is 0 Å². The Morgan fingerprint density at radius 1 is 0.174 bits per heavy atom. The Morgan fingerprint density at radius 2 is 0.354 bits per heavy atom. The summed E-state index contributed by atoms with van der Waals surface area (Å²) in [6.45, 7) is 44.4. The van der Waals surface area contributed by atoms with E-state index < -0.39 is 16.2 Å². The summed E-state index contributed by atoms with van der Waals surface area (Å²) in [5.41, 5.74) is 28.9. The van der Waals surface area contributed by atoms with Crippen molar-refractivity contribution >= 4 is 51.2 Å². The van der Waals surface area contributed by atoms with Gasteiger partial charge in [-0.3, -0.25) is 0 Å². The summed E-state index contributed by atoms with van der Waals surface area (Å²) in [5, 5.41) is 0. The summed E-state index contributed by atoms with van der Waals surface area (Å²) in [5.74, 6) is 9.29. The van der Waals surface area contributed by atoms with E-state index >= 15 is 0 Å². The molecule has 12 aromatic carbocycles. The normalized spacial score (nSPS) is 16.8. The summed E-state index contributed by atoms with van der Waals surface area (Å²) in [7, 11) is 0. The topological polar surface area (TPSA) is 48.4 Å². The second-order valence-electron chi connectivity index (χ2n) is 47.8. The number of aromatic nitrogens is 3. The van der Waals surface area contributed by atoms with E-state index in [1.165, 1.54) is 199 Å². The summed E-state index contributed by atoms with van der Waals surface area (Å²) < 4.78 is 0. The molecule has 6 heteroatoms. The number of hydrogen-bond acceptors (Lipinski definition) is 6. The molecule has 144 heavy (non-hydrogen) atoms. The standard InChI is InChI=1S/C138H174N6/c1-97(2)46-37-52-103(13)82-88-136(89-83-104(14)53-38-47-98(3)4)127-94-115(142(109-58-25-19-26-59-109)110-60-27-20-28-61-110)76-79-118(127)121-70-43-73-124(130(121)136)133-139-134(125-74-44-71-122-119-80-77-116(143(111-62-29-21-30-63-111)112-64-31-22-32-65-112)95-128(119)137(131(122)125,90-84-105(15)54-39-48-99(5)6)91-85-106(16)55-40-49-100(7)8)141-135(140-133)126-75-45-72-123-120-81-78-117(144(113-66-33-23-34-67-113)114-68-35-24-36-69-114)96-129(120)138(132(123)126,92-86-107(17)56-41-50-101(9)10)93-87-108(18)57-42-51-102(11)12/h19-36,43-45,58-81,94-108H,37-42,46-57,82-93H2,1-18H3. The van der Waals surface area contributed by atoms with Gasteiger partial charge in [0.15, 0.2) is 17.5 Å². The molecule has 0 radical (unpaired) electrons. The number of anilines is 9. The fraction of sp³-hybridized carbons (Fsp3) is 0.457. The van der Waals surface area contributed by atoms with E-state index in [1.807, 2.05) is 0 Å². The molecular formula is C138H174N6. The third-order valence-electron chi connectivity index (χ3n) is 33.5. The highest BCUT2D eigenvalue weighted by atomic mass is 15.2.